The Bertz CT molecular complexity index is 1490. The second-order valence-corrected chi connectivity index (χ2v) is 10.3. The molecule has 9 nitrogen and oxygen atoms in total. The summed E-state index contributed by atoms with van der Waals surface area (Å²) in [5, 5.41) is 14.9. The molecule has 1 amide bonds. The summed E-state index contributed by atoms with van der Waals surface area (Å²) in [5.41, 5.74) is 3.00. The number of hydrogen-bond acceptors (Lipinski definition) is 7. The van der Waals surface area contributed by atoms with Crippen LogP contribution in [-0.2, 0) is 21.2 Å². The topological polar surface area (TPSA) is 119 Å². The van der Waals surface area contributed by atoms with E-state index in [1.54, 1.807) is 25.3 Å². The van der Waals surface area contributed by atoms with Gasteiger partial charge in [0.25, 0.3) is 0 Å². The molecule has 1 N–H and O–H groups in total. The van der Waals surface area contributed by atoms with Gasteiger partial charge in [-0.1, -0.05) is 47.6 Å². The van der Waals surface area contributed by atoms with E-state index in [2.05, 4.69) is 32.8 Å². The van der Waals surface area contributed by atoms with Crippen LogP contribution in [0.2, 0.25) is 0 Å². The molecule has 5 rings (SSSR count). The first-order chi connectivity index (χ1) is 16.4. The minimum absolute atomic E-state index is 0.124. The third-order valence-electron chi connectivity index (χ3n) is 5.78. The van der Waals surface area contributed by atoms with Gasteiger partial charge >= 0.3 is 0 Å². The summed E-state index contributed by atoms with van der Waals surface area (Å²) in [6, 6.07) is 17.0. The predicted molar refractivity (Wildman–Crippen MR) is 127 cm³/mol. The van der Waals surface area contributed by atoms with E-state index in [4.69, 9.17) is 4.52 Å². The number of aromatic nitrogens is 2. The molecule has 0 saturated carbocycles. The maximum Gasteiger partial charge on any atom is 0.241 e. The number of nitrogens with zero attached hydrogens (tertiary/aromatic N) is 4. The number of azo groups is 1. The standard InChI is InChI=1S/C24H23N5O4S/c1-16-9-23(28-33-16)27-24(30)15-34(31,32)22-14-29(21-8-3-2-7-20(21)22)13-17-5-4-6-18(10-17)19-11-25-26-12-19/h2-10,14,19H,11-13,15H2,1H3,(H,27,28,30). The van der Waals surface area contributed by atoms with Gasteiger partial charge in [-0.25, -0.2) is 8.42 Å². The molecule has 0 bridgehead atoms. The van der Waals surface area contributed by atoms with Gasteiger partial charge in [0.05, 0.1) is 18.0 Å². The van der Waals surface area contributed by atoms with Crippen LogP contribution in [0.4, 0.5) is 5.82 Å². The van der Waals surface area contributed by atoms with Gasteiger partial charge in [0.2, 0.25) is 5.91 Å². The number of rotatable bonds is 7. The number of aryl methyl sites for hydroxylation is 1. The van der Waals surface area contributed by atoms with Crippen LogP contribution < -0.4 is 5.32 Å². The minimum Gasteiger partial charge on any atom is -0.360 e. The van der Waals surface area contributed by atoms with Crippen molar-refractivity contribution in [1.82, 2.24) is 9.72 Å². The van der Waals surface area contributed by atoms with Gasteiger partial charge in [-0.05, 0) is 24.1 Å². The predicted octanol–water partition coefficient (Wildman–Crippen LogP) is 3.95. The molecular formula is C24H23N5O4S. The number of carbonyl (C=O) groups is 1. The van der Waals surface area contributed by atoms with E-state index >= 15 is 0 Å². The Labute approximate surface area is 196 Å². The summed E-state index contributed by atoms with van der Waals surface area (Å²) in [6.45, 7) is 3.56. The lowest BCUT2D eigenvalue weighted by Crippen LogP contribution is -2.23. The van der Waals surface area contributed by atoms with Crippen LogP contribution in [-0.4, -0.2) is 42.9 Å². The summed E-state index contributed by atoms with van der Waals surface area (Å²) in [7, 11) is -3.91. The quantitative estimate of drug-likeness (QED) is 0.432. The zero-order valence-electron chi connectivity index (χ0n) is 18.5. The van der Waals surface area contributed by atoms with Gasteiger partial charge in [-0.2, -0.15) is 10.2 Å². The Balaban J connectivity index is 1.42. The first-order valence-corrected chi connectivity index (χ1v) is 12.5. The van der Waals surface area contributed by atoms with Gasteiger partial charge in [0.1, 0.15) is 11.5 Å². The number of hydrogen-bond donors (Lipinski definition) is 1. The number of carbonyl (C=O) groups excluding carboxylic acids is 1. The van der Waals surface area contributed by atoms with E-state index in [1.807, 2.05) is 28.8 Å². The average molecular weight is 478 g/mol. The van der Waals surface area contributed by atoms with E-state index < -0.39 is 21.5 Å². The van der Waals surface area contributed by atoms with Crippen LogP contribution in [0, 0.1) is 6.92 Å². The van der Waals surface area contributed by atoms with E-state index in [-0.39, 0.29) is 16.6 Å². The van der Waals surface area contributed by atoms with Crippen molar-refractivity contribution in [2.24, 2.45) is 10.2 Å². The van der Waals surface area contributed by atoms with Gasteiger partial charge in [0.15, 0.2) is 15.7 Å². The van der Waals surface area contributed by atoms with Crippen molar-refractivity contribution in [3.63, 3.8) is 0 Å². The fraction of sp³-hybridized carbons (Fsp3) is 0.250. The van der Waals surface area contributed by atoms with Crippen LogP contribution in [0.25, 0.3) is 10.9 Å². The molecule has 1 aliphatic rings. The number of anilines is 1. The third-order valence-corrected chi connectivity index (χ3v) is 7.42. The summed E-state index contributed by atoms with van der Waals surface area (Å²) < 4.78 is 33.2. The Kier molecular flexibility index (Phi) is 5.74. The molecule has 2 aromatic carbocycles. The smallest absolute Gasteiger partial charge is 0.241 e. The number of sulfone groups is 1. The molecule has 0 fully saturated rings. The monoisotopic (exact) mass is 477 g/mol. The summed E-state index contributed by atoms with van der Waals surface area (Å²) in [4.78, 5) is 12.5. The molecule has 174 valence electrons. The summed E-state index contributed by atoms with van der Waals surface area (Å²) >= 11 is 0. The zero-order chi connectivity index (χ0) is 23.7. The highest BCUT2D eigenvalue weighted by Crippen LogP contribution is 2.28. The Morgan fingerprint density at radius 2 is 1.91 bits per heavy atom. The lowest BCUT2D eigenvalue weighted by atomic mass is 9.98. The molecule has 0 radical (unpaired) electrons. The van der Waals surface area contributed by atoms with Crippen LogP contribution in [0.3, 0.4) is 0 Å². The average Bonchev–Trinajstić information content (AvgIpc) is 3.55. The molecule has 0 saturated heterocycles. The third kappa shape index (κ3) is 4.49. The molecular weight excluding hydrogens is 454 g/mol. The number of para-hydroxylation sites is 1. The van der Waals surface area contributed by atoms with Crippen molar-refractivity contribution in [2.45, 2.75) is 24.3 Å². The summed E-state index contributed by atoms with van der Waals surface area (Å²) in [6.07, 6.45) is 1.61. The largest absolute Gasteiger partial charge is 0.360 e. The van der Waals surface area contributed by atoms with Crippen LogP contribution in [0.5, 0.6) is 0 Å². The molecule has 2 aromatic heterocycles. The maximum atomic E-state index is 13.2. The molecule has 4 aromatic rings. The van der Waals surface area contributed by atoms with Crippen LogP contribution in [0.1, 0.15) is 22.8 Å². The molecule has 0 unspecified atom stereocenters. The summed E-state index contributed by atoms with van der Waals surface area (Å²) in [5.74, 6) is -0.392. The second-order valence-electron chi connectivity index (χ2n) is 8.36. The van der Waals surface area contributed by atoms with Crippen molar-refractivity contribution >= 4 is 32.5 Å². The van der Waals surface area contributed by atoms with E-state index in [0.29, 0.717) is 30.8 Å². The molecule has 0 atom stereocenters. The second kappa shape index (κ2) is 8.86. The van der Waals surface area contributed by atoms with E-state index in [1.165, 1.54) is 11.6 Å². The highest BCUT2D eigenvalue weighted by atomic mass is 32.2. The lowest BCUT2D eigenvalue weighted by Gasteiger charge is -2.11. The zero-order valence-corrected chi connectivity index (χ0v) is 19.3. The van der Waals surface area contributed by atoms with Gasteiger partial charge in [-0.15, -0.1) is 0 Å². The van der Waals surface area contributed by atoms with Gasteiger partial charge < -0.3 is 14.4 Å². The fourth-order valence-corrected chi connectivity index (χ4v) is 5.54. The SMILES string of the molecule is Cc1cc(NC(=O)CS(=O)(=O)c2cn(Cc3cccc(C4CN=NC4)c3)c3ccccc23)no1. The maximum absolute atomic E-state index is 13.2. The van der Waals surface area contributed by atoms with Crippen molar-refractivity contribution in [3.8, 4) is 0 Å². The highest BCUT2D eigenvalue weighted by molar-refractivity contribution is 7.92. The lowest BCUT2D eigenvalue weighted by molar-refractivity contribution is -0.113. The Morgan fingerprint density at radius 1 is 1.12 bits per heavy atom. The van der Waals surface area contributed by atoms with Crippen molar-refractivity contribution < 1.29 is 17.7 Å². The van der Waals surface area contributed by atoms with Gasteiger partial charge in [-0.3, -0.25) is 4.79 Å². The van der Waals surface area contributed by atoms with Crippen molar-refractivity contribution in [2.75, 3.05) is 24.2 Å². The Hall–Kier alpha value is -3.79. The fourth-order valence-electron chi connectivity index (χ4n) is 4.17. The van der Waals surface area contributed by atoms with Gasteiger partial charge in [0, 0.05) is 35.6 Å². The number of amides is 1. The van der Waals surface area contributed by atoms with Crippen molar-refractivity contribution in [3.05, 3.63) is 77.7 Å². The molecule has 0 spiro atoms. The number of fused-ring (bicyclic) bond motifs is 1. The first-order valence-electron chi connectivity index (χ1n) is 10.8. The Morgan fingerprint density at radius 3 is 2.68 bits per heavy atom. The van der Waals surface area contributed by atoms with Crippen molar-refractivity contribution in [1.29, 1.82) is 0 Å². The van der Waals surface area contributed by atoms with Crippen LogP contribution >= 0.6 is 0 Å². The molecule has 10 heteroatoms. The van der Waals surface area contributed by atoms with E-state index in [9.17, 15) is 13.2 Å². The first kappa shape index (κ1) is 22.0. The number of benzene rings is 2. The molecule has 34 heavy (non-hydrogen) atoms. The number of nitrogens with one attached hydrogen (secondary N) is 1. The van der Waals surface area contributed by atoms with E-state index in [0.717, 1.165) is 11.1 Å². The van der Waals surface area contributed by atoms with Crippen LogP contribution in [0.15, 0.2) is 80.4 Å². The highest BCUT2D eigenvalue weighted by Gasteiger charge is 2.25. The minimum atomic E-state index is -3.91. The molecule has 0 aliphatic carbocycles. The normalized spacial score (nSPS) is 14.1. The molecule has 1 aliphatic heterocycles. The molecule has 3 heterocycles.